The molecule has 444 valence electrons. The molecule has 2 saturated heterocycles. The first-order chi connectivity index (χ1) is 39.2. The second kappa shape index (κ2) is 18.3. The second-order valence-corrected chi connectivity index (χ2v) is 32.2. The van der Waals surface area contributed by atoms with Gasteiger partial charge in [0.1, 0.15) is 28.7 Å². The Hall–Kier alpha value is -3.03. The molecule has 1 aromatic heterocycles. The third-order valence-electron chi connectivity index (χ3n) is 27.6. The van der Waals surface area contributed by atoms with Crippen LogP contribution in [-0.2, 0) is 33.7 Å². The fraction of sp³-hybridized carbons (Fsp3) is 0.742. The van der Waals surface area contributed by atoms with E-state index in [1.807, 2.05) is 12.3 Å². The zero-order valence-corrected chi connectivity index (χ0v) is 49.9. The van der Waals surface area contributed by atoms with E-state index in [4.69, 9.17) is 9.72 Å². The summed E-state index contributed by atoms with van der Waals surface area (Å²) >= 11 is 0. The normalized spacial score (nSPS) is 51.0. The number of aliphatic hydroxyl groups excluding tert-OH is 5. The number of nitrogens with zero attached hydrogens (tertiary/aromatic N) is 3. The summed E-state index contributed by atoms with van der Waals surface area (Å²) in [4.78, 5) is 39.8. The fourth-order valence-electron chi connectivity index (χ4n) is 23.9. The number of anilines is 1. The molecule has 9 aliphatic carbocycles. The lowest BCUT2D eigenvalue weighted by molar-refractivity contribution is -0.284. The highest BCUT2D eigenvalue weighted by Gasteiger charge is 2.88. The summed E-state index contributed by atoms with van der Waals surface area (Å²) in [5.41, 5.74) is -12.2. The van der Waals surface area contributed by atoms with Crippen LogP contribution in [0.1, 0.15) is 142 Å². The monoisotopic (exact) mass is 1160 g/mol. The highest BCUT2D eigenvalue weighted by Crippen LogP contribution is 2.87. The lowest BCUT2D eigenvalue weighted by Gasteiger charge is -2.76. The number of hydrogen-bond donors (Lipinski definition) is 8. The molecule has 22 atom stereocenters. The molecule has 1 amide bonds. The number of epoxide rings is 1. The number of ketones is 1. The smallest absolute Gasteiger partial charge is 0.234 e. The van der Waals surface area contributed by atoms with Crippen molar-refractivity contribution in [1.29, 1.82) is 0 Å². The van der Waals surface area contributed by atoms with Gasteiger partial charge in [-0.1, -0.05) is 86.4 Å². The minimum absolute atomic E-state index is 0.0139. The number of benzene rings is 1. The fourth-order valence-corrected chi connectivity index (χ4v) is 26.9. The van der Waals surface area contributed by atoms with E-state index in [0.717, 1.165) is 17.8 Å². The maximum absolute atomic E-state index is 16.7. The van der Waals surface area contributed by atoms with E-state index < -0.39 is 96.2 Å². The van der Waals surface area contributed by atoms with Gasteiger partial charge in [0.25, 0.3) is 0 Å². The Bertz CT molecular complexity index is 3100. The minimum atomic E-state index is -1.76. The van der Waals surface area contributed by atoms with Gasteiger partial charge in [-0.3, -0.25) is 9.59 Å². The highest BCUT2D eigenvalue weighted by atomic mass is 33.1. The van der Waals surface area contributed by atoms with Gasteiger partial charge in [0, 0.05) is 83.1 Å². The number of aryl methyl sites for hydroxylation is 2. The predicted octanol–water partition coefficient (Wildman–Crippen LogP) is 8.01. The number of aromatic hydroxyl groups is 1. The van der Waals surface area contributed by atoms with Crippen molar-refractivity contribution < 1.29 is 55.2 Å². The molecule has 17 rings (SSSR count). The summed E-state index contributed by atoms with van der Waals surface area (Å²) < 4.78 is 9.10. The van der Waals surface area contributed by atoms with Gasteiger partial charge < -0.3 is 55.1 Å². The number of phenolic OH excluding ortho intramolecular Hbond substituents is 1. The SMILES string of the molecule is CC(C)C(C)C1OC1C1(O)CC=CC23CC4C5=CC(=O)C67CC(O)C(O)C8(CCC(Cn9ccnc9CCC2C=CC12CCC5(O)C32CCc1cc(O)cc(c1)N1CC2(CCCC2O)C2(C1=O)C(CO)CCCC2CSSC6O)C8)C47C. The quantitative estimate of drug-likeness (QED) is 0.0825. The molecule has 15 aliphatic rings. The number of ether oxygens (including phenoxy) is 1. The molecule has 6 saturated carbocycles. The summed E-state index contributed by atoms with van der Waals surface area (Å²) in [6.45, 7) is 9.35. The van der Waals surface area contributed by atoms with Gasteiger partial charge in [-0.2, -0.15) is 0 Å². The van der Waals surface area contributed by atoms with Crippen LogP contribution in [0, 0.1) is 84.7 Å². The van der Waals surface area contributed by atoms with Gasteiger partial charge in [-0.15, -0.1) is 0 Å². The standard InChI is InChI=1S/C66H87N3O11S2/c1-37(2)38(3)52-54(80-52)64(79)18-7-17-58-31-47-46-29-50(74)62-32-48(72)53(75)59(57(47,62)4)19-13-40(30-59)33-68-25-24-67-51(68)12-11-41(58)15-20-61(64)22-23-63(46,78)65(58,61)21-14-39-26-44(28-45(71)27-39)69-36-60(16-6-10-49(60)73)66(55(69)76)42(34-70)8-5-9-43(66)35-81-82-56(62)77/h7,15,17,20,24-29,37-38,40-43,47-49,52-54,56,70-73,75,77-79H,5-6,8-14,16,18-19,21-23,30-36H2,1-4H3. The average Bonchev–Trinajstić information content (AvgIpc) is 1.28. The first-order valence-electron chi connectivity index (χ1n) is 31.7. The first-order valence-corrected chi connectivity index (χ1v) is 34.0. The number of aromatic nitrogens is 2. The Labute approximate surface area is 490 Å². The van der Waals surface area contributed by atoms with Gasteiger partial charge in [-0.25, -0.2) is 4.98 Å². The molecule has 6 aliphatic heterocycles. The van der Waals surface area contributed by atoms with Crippen molar-refractivity contribution >= 4 is 39.0 Å². The zero-order chi connectivity index (χ0) is 57.2. The van der Waals surface area contributed by atoms with Crippen LogP contribution < -0.4 is 4.90 Å². The highest BCUT2D eigenvalue weighted by molar-refractivity contribution is 8.76. The molecule has 14 nitrogen and oxygen atoms in total. The van der Waals surface area contributed by atoms with Crippen molar-refractivity contribution in [3.63, 3.8) is 0 Å². The van der Waals surface area contributed by atoms with Crippen molar-refractivity contribution in [2.75, 3.05) is 23.8 Å². The van der Waals surface area contributed by atoms with Gasteiger partial charge in [-0.05, 0) is 172 Å². The van der Waals surface area contributed by atoms with Crippen LogP contribution in [-0.4, -0.2) is 128 Å². The molecular formula is C66H87N3O11S2. The topological polar surface area (TPSA) is 230 Å². The molecule has 8 fully saturated rings. The van der Waals surface area contributed by atoms with Gasteiger partial charge in [0.15, 0.2) is 5.78 Å². The first kappa shape index (κ1) is 55.5. The van der Waals surface area contributed by atoms with Crippen LogP contribution in [0.25, 0.3) is 0 Å². The van der Waals surface area contributed by atoms with Crippen LogP contribution >= 0.6 is 21.6 Å². The number of rotatable bonds is 4. The largest absolute Gasteiger partial charge is 0.508 e. The van der Waals surface area contributed by atoms with Gasteiger partial charge in [0.05, 0.1) is 40.8 Å². The van der Waals surface area contributed by atoms with E-state index in [1.165, 1.54) is 21.6 Å². The number of amides is 1. The summed E-state index contributed by atoms with van der Waals surface area (Å²) in [7, 11) is 2.65. The molecule has 22 unspecified atom stereocenters. The molecule has 16 heteroatoms. The van der Waals surface area contributed by atoms with Crippen molar-refractivity contribution in [2.24, 2.45) is 84.7 Å². The number of carbonyl (C=O) groups is 2. The lowest BCUT2D eigenvalue weighted by atomic mass is 9.28. The number of phenols is 1. The Kier molecular flexibility index (Phi) is 12.4. The van der Waals surface area contributed by atoms with Crippen LogP contribution in [0.4, 0.5) is 5.69 Å². The van der Waals surface area contributed by atoms with E-state index >= 15 is 14.7 Å². The maximum atomic E-state index is 16.7. The van der Waals surface area contributed by atoms with Crippen molar-refractivity contribution in [2.45, 2.75) is 197 Å². The number of allylic oxidation sites excluding steroid dienone is 3. The zero-order valence-electron chi connectivity index (χ0n) is 48.3. The number of aliphatic hydroxyl groups is 7. The summed E-state index contributed by atoms with van der Waals surface area (Å²) in [5, 5.41) is 106. The summed E-state index contributed by atoms with van der Waals surface area (Å²) in [5.74, 6) is -0.372. The van der Waals surface area contributed by atoms with E-state index in [0.29, 0.717) is 113 Å². The van der Waals surface area contributed by atoms with Gasteiger partial charge in [0.2, 0.25) is 5.91 Å². The summed E-state index contributed by atoms with van der Waals surface area (Å²) in [6.07, 6.45) is 19.2. The Morgan fingerprint density at radius 3 is 2.50 bits per heavy atom. The number of fused-ring (bicyclic) bond motifs is 3. The third kappa shape index (κ3) is 6.33. The molecule has 7 heterocycles. The molecule has 6 spiro atoms. The van der Waals surface area contributed by atoms with Crippen LogP contribution in [0.3, 0.4) is 0 Å². The molecular weight excluding hydrogens is 1070 g/mol. The number of carbonyl (C=O) groups excluding carboxylic acids is 2. The van der Waals surface area contributed by atoms with Crippen molar-refractivity contribution in [3.8, 4) is 5.75 Å². The molecule has 0 radical (unpaired) electrons. The lowest BCUT2D eigenvalue weighted by Crippen LogP contribution is -2.78. The number of imidazole rings is 1. The van der Waals surface area contributed by atoms with Crippen LogP contribution in [0.15, 0.2) is 66.5 Å². The molecule has 8 N–H and O–H groups in total. The molecule has 82 heavy (non-hydrogen) atoms. The van der Waals surface area contributed by atoms with Gasteiger partial charge >= 0.3 is 0 Å². The van der Waals surface area contributed by atoms with Crippen LogP contribution in [0.5, 0.6) is 5.75 Å². The molecule has 1 aromatic carbocycles. The third-order valence-corrected chi connectivity index (χ3v) is 30.2. The Balaban J connectivity index is 1.02. The molecule has 13 bridgehead atoms. The minimum Gasteiger partial charge on any atom is -0.508 e. The van der Waals surface area contributed by atoms with E-state index in [2.05, 4.69) is 62.8 Å². The second-order valence-electron chi connectivity index (χ2n) is 29.7. The van der Waals surface area contributed by atoms with E-state index in [1.54, 1.807) is 23.1 Å². The van der Waals surface area contributed by atoms with Crippen molar-refractivity contribution in [3.05, 3.63) is 77.9 Å². The summed E-state index contributed by atoms with van der Waals surface area (Å²) in [6, 6.07) is 5.44. The van der Waals surface area contributed by atoms with E-state index in [9.17, 15) is 35.7 Å². The number of hydrogen-bond acceptors (Lipinski definition) is 14. The van der Waals surface area contributed by atoms with Crippen LogP contribution in [0.2, 0.25) is 0 Å². The van der Waals surface area contributed by atoms with E-state index in [-0.39, 0.29) is 85.5 Å². The molecule has 2 aromatic rings. The van der Waals surface area contributed by atoms with Crippen molar-refractivity contribution in [1.82, 2.24) is 9.55 Å². The predicted molar refractivity (Wildman–Crippen MR) is 312 cm³/mol. The Morgan fingerprint density at radius 1 is 0.890 bits per heavy atom. The average molecular weight is 1160 g/mol. The maximum Gasteiger partial charge on any atom is 0.234 e. The Morgan fingerprint density at radius 2 is 1.72 bits per heavy atom.